The molecule has 2 fully saturated rings. The summed E-state index contributed by atoms with van der Waals surface area (Å²) in [6, 6.07) is 0. The number of ether oxygens (including phenoxy) is 4. The lowest BCUT2D eigenvalue weighted by molar-refractivity contribution is -0.325. The number of aliphatic hydroxyl groups is 6. The molecule has 0 radical (unpaired) electrons. The van der Waals surface area contributed by atoms with Crippen LogP contribution in [0.4, 0.5) is 4.39 Å². The van der Waals surface area contributed by atoms with E-state index in [1.54, 1.807) is 0 Å². The number of aliphatic hydroxyl groups excluding tert-OH is 6. The third kappa shape index (κ3) is 7.26. The van der Waals surface area contributed by atoms with Crippen molar-refractivity contribution in [2.24, 2.45) is 0 Å². The van der Waals surface area contributed by atoms with Crippen LogP contribution in [0.5, 0.6) is 0 Å². The predicted octanol–water partition coefficient (Wildman–Crippen LogP) is -1.04. The molecule has 2 aliphatic heterocycles. The van der Waals surface area contributed by atoms with E-state index in [9.17, 15) is 35.0 Å². The van der Waals surface area contributed by atoms with Gasteiger partial charge in [-0.05, 0) is 6.42 Å². The number of unbranched alkanes of at least 4 members (excludes halogenated alkanes) is 5. The van der Waals surface area contributed by atoms with Gasteiger partial charge in [0.15, 0.2) is 18.8 Å². The minimum Gasteiger partial charge on any atom is -0.394 e. The monoisotopic (exact) mass is 456 g/mol. The van der Waals surface area contributed by atoms with E-state index in [4.69, 9.17) is 18.9 Å². The van der Waals surface area contributed by atoms with E-state index in [-0.39, 0.29) is 0 Å². The van der Waals surface area contributed by atoms with Gasteiger partial charge in [-0.2, -0.15) is 0 Å². The maximum Gasteiger partial charge on any atom is 0.192 e. The van der Waals surface area contributed by atoms with Gasteiger partial charge in [0.2, 0.25) is 0 Å². The molecule has 2 heterocycles. The topological polar surface area (TPSA) is 158 Å². The fraction of sp³-hybridized carbons (Fsp3) is 1.00. The molecule has 2 rings (SSSR count). The highest BCUT2D eigenvalue weighted by Crippen LogP contribution is 2.27. The number of hydrogen-bond acceptors (Lipinski definition) is 10. The summed E-state index contributed by atoms with van der Waals surface area (Å²) in [6.07, 6.45) is -9.11. The van der Waals surface area contributed by atoms with Crippen LogP contribution in [-0.2, 0) is 18.9 Å². The summed E-state index contributed by atoms with van der Waals surface area (Å²) in [5.41, 5.74) is 0. The van der Waals surface area contributed by atoms with Crippen LogP contribution in [0, 0.1) is 0 Å². The Morgan fingerprint density at radius 2 is 1.32 bits per heavy atom. The van der Waals surface area contributed by atoms with Crippen molar-refractivity contribution in [3.8, 4) is 0 Å². The quantitative estimate of drug-likeness (QED) is 0.200. The molecule has 11 heteroatoms. The summed E-state index contributed by atoms with van der Waals surface area (Å²) in [5, 5.41) is 59.0. The van der Waals surface area contributed by atoms with E-state index in [1.807, 2.05) is 0 Å². The molecule has 0 aromatic heterocycles. The maximum atomic E-state index is 14.2. The molecule has 0 aromatic carbocycles. The fourth-order valence-electron chi connectivity index (χ4n) is 3.64. The minimum atomic E-state index is -2.10. The Kier molecular flexibility index (Phi) is 11.5. The van der Waals surface area contributed by atoms with Gasteiger partial charge >= 0.3 is 0 Å². The van der Waals surface area contributed by atoms with Gasteiger partial charge in [0, 0.05) is 6.61 Å². The van der Waals surface area contributed by atoms with E-state index in [0.29, 0.717) is 6.61 Å². The van der Waals surface area contributed by atoms with Crippen molar-refractivity contribution in [1.82, 2.24) is 0 Å². The van der Waals surface area contributed by atoms with Crippen molar-refractivity contribution in [3.63, 3.8) is 0 Å². The van der Waals surface area contributed by atoms with Gasteiger partial charge in [0.1, 0.15) is 42.7 Å². The zero-order valence-electron chi connectivity index (χ0n) is 17.8. The van der Waals surface area contributed by atoms with Crippen LogP contribution in [0.15, 0.2) is 0 Å². The molecule has 2 saturated heterocycles. The molecule has 10 nitrogen and oxygen atoms in total. The van der Waals surface area contributed by atoms with Gasteiger partial charge < -0.3 is 49.6 Å². The SMILES string of the molecule is CCCCCCCCO[C@H]1O[C@H](CO[C@H]2O[C@H](CO)[C@@H](O)[C@H](O)[C@@H]2F)[C@@H](O)[C@H](O)[C@@H]1O. The van der Waals surface area contributed by atoms with Gasteiger partial charge in [-0.3, -0.25) is 0 Å². The van der Waals surface area contributed by atoms with Crippen LogP contribution in [0.25, 0.3) is 0 Å². The van der Waals surface area contributed by atoms with Crippen molar-refractivity contribution in [3.05, 3.63) is 0 Å². The van der Waals surface area contributed by atoms with Crippen LogP contribution < -0.4 is 0 Å². The molecule has 10 atom stereocenters. The molecule has 0 aliphatic carbocycles. The number of halogens is 1. The van der Waals surface area contributed by atoms with Crippen LogP contribution in [0.1, 0.15) is 45.4 Å². The molecular formula is C20H37FO10. The molecule has 31 heavy (non-hydrogen) atoms. The zero-order chi connectivity index (χ0) is 23.0. The third-order valence-corrected chi connectivity index (χ3v) is 5.68. The molecular weight excluding hydrogens is 419 g/mol. The van der Waals surface area contributed by atoms with Crippen molar-refractivity contribution < 1.29 is 54.0 Å². The fourth-order valence-corrected chi connectivity index (χ4v) is 3.64. The average Bonchev–Trinajstić information content (AvgIpc) is 2.77. The second kappa shape index (κ2) is 13.3. The molecule has 0 saturated carbocycles. The van der Waals surface area contributed by atoms with Gasteiger partial charge in [-0.1, -0.05) is 39.0 Å². The van der Waals surface area contributed by atoms with E-state index in [2.05, 4.69) is 6.92 Å². The van der Waals surface area contributed by atoms with E-state index in [1.165, 1.54) is 6.42 Å². The van der Waals surface area contributed by atoms with E-state index >= 15 is 0 Å². The lowest BCUT2D eigenvalue weighted by Crippen LogP contribution is -2.61. The van der Waals surface area contributed by atoms with Crippen LogP contribution in [-0.4, -0.2) is 112 Å². The number of rotatable bonds is 12. The summed E-state index contributed by atoms with van der Waals surface area (Å²) in [4.78, 5) is 0. The van der Waals surface area contributed by atoms with Gasteiger partial charge in [0.05, 0.1) is 13.2 Å². The Morgan fingerprint density at radius 3 is 2.00 bits per heavy atom. The molecule has 0 aromatic rings. The Morgan fingerprint density at radius 1 is 0.710 bits per heavy atom. The molecule has 0 amide bonds. The second-order valence-electron chi connectivity index (χ2n) is 8.14. The van der Waals surface area contributed by atoms with E-state index < -0.39 is 74.7 Å². The largest absolute Gasteiger partial charge is 0.394 e. The summed E-state index contributed by atoms with van der Waals surface area (Å²) in [5.74, 6) is 0. The van der Waals surface area contributed by atoms with Crippen LogP contribution >= 0.6 is 0 Å². The molecule has 184 valence electrons. The van der Waals surface area contributed by atoms with Gasteiger partial charge in [-0.25, -0.2) is 4.39 Å². The summed E-state index contributed by atoms with van der Waals surface area (Å²) in [6.45, 7) is 1.32. The Hall–Kier alpha value is -0.470. The molecule has 0 bridgehead atoms. The van der Waals surface area contributed by atoms with Gasteiger partial charge in [0.25, 0.3) is 0 Å². The number of alkyl halides is 1. The standard InChI is InChI=1S/C20H37FO10/c1-2-3-4-5-6-7-8-28-20-18(27)17(26)15(24)12(31-20)10-29-19-13(21)16(25)14(23)11(9-22)30-19/h11-20,22-27H,2-10H2,1H3/t11-,12-,13+,14-,15-,16-,17+,18+,19+,20+/m1/s1. The second-order valence-corrected chi connectivity index (χ2v) is 8.14. The highest BCUT2D eigenvalue weighted by molar-refractivity contribution is 4.91. The maximum absolute atomic E-state index is 14.2. The predicted molar refractivity (Wildman–Crippen MR) is 105 cm³/mol. The first-order chi connectivity index (χ1) is 14.8. The third-order valence-electron chi connectivity index (χ3n) is 5.68. The normalized spacial score (nSPS) is 41.4. The Bertz CT molecular complexity index is 499. The van der Waals surface area contributed by atoms with Crippen molar-refractivity contribution in [2.45, 2.75) is 107 Å². The van der Waals surface area contributed by atoms with Crippen molar-refractivity contribution in [1.29, 1.82) is 0 Å². The zero-order valence-corrected chi connectivity index (χ0v) is 17.8. The lowest BCUT2D eigenvalue weighted by Gasteiger charge is -2.42. The van der Waals surface area contributed by atoms with Crippen LogP contribution in [0.2, 0.25) is 0 Å². The summed E-state index contributed by atoms with van der Waals surface area (Å²) < 4.78 is 35.6. The summed E-state index contributed by atoms with van der Waals surface area (Å²) >= 11 is 0. The first-order valence-corrected chi connectivity index (χ1v) is 11.0. The number of hydrogen-bond donors (Lipinski definition) is 6. The summed E-state index contributed by atoms with van der Waals surface area (Å²) in [7, 11) is 0. The first-order valence-electron chi connectivity index (χ1n) is 11.0. The molecule has 0 unspecified atom stereocenters. The smallest absolute Gasteiger partial charge is 0.192 e. The highest BCUT2D eigenvalue weighted by atomic mass is 19.1. The van der Waals surface area contributed by atoms with Gasteiger partial charge in [-0.15, -0.1) is 0 Å². The highest BCUT2D eigenvalue weighted by Gasteiger charge is 2.48. The Balaban J connectivity index is 1.83. The molecule has 2 aliphatic rings. The van der Waals surface area contributed by atoms with Crippen molar-refractivity contribution in [2.75, 3.05) is 19.8 Å². The lowest BCUT2D eigenvalue weighted by atomic mass is 9.99. The first kappa shape index (κ1) is 26.8. The van der Waals surface area contributed by atoms with Crippen LogP contribution in [0.3, 0.4) is 0 Å². The van der Waals surface area contributed by atoms with E-state index in [0.717, 1.165) is 32.1 Å². The average molecular weight is 457 g/mol. The molecule has 0 spiro atoms. The minimum absolute atomic E-state index is 0.296. The Labute approximate surface area is 181 Å². The molecule has 6 N–H and O–H groups in total. The van der Waals surface area contributed by atoms with Crippen molar-refractivity contribution >= 4 is 0 Å².